The topological polar surface area (TPSA) is 180 Å². The Labute approximate surface area is 344 Å². The van der Waals surface area contributed by atoms with Crippen LogP contribution in [0, 0.1) is 63.6 Å². The van der Waals surface area contributed by atoms with Crippen LogP contribution >= 0.6 is 0 Å². The molecule has 58 heavy (non-hydrogen) atoms. The zero-order valence-corrected chi connectivity index (χ0v) is 35.8. The van der Waals surface area contributed by atoms with Crippen LogP contribution in [0.25, 0.3) is 0 Å². The second kappa shape index (κ2) is 19.5. The molecule has 12 nitrogen and oxygen atoms in total. The Balaban J connectivity index is 1.44. The van der Waals surface area contributed by atoms with Crippen molar-refractivity contribution in [3.63, 3.8) is 0 Å². The highest BCUT2D eigenvalue weighted by atomic mass is 17.2. The van der Waals surface area contributed by atoms with Crippen molar-refractivity contribution >= 4 is 35.8 Å². The van der Waals surface area contributed by atoms with Crippen molar-refractivity contribution < 1.29 is 58.2 Å². The van der Waals surface area contributed by atoms with Crippen LogP contribution in [-0.2, 0) is 48.0 Å². The molecule has 0 amide bonds. The first-order chi connectivity index (χ1) is 27.5. The Bertz CT molecular complexity index is 1540. The van der Waals surface area contributed by atoms with E-state index in [4.69, 9.17) is 24.4 Å². The van der Waals surface area contributed by atoms with Gasteiger partial charge in [0.15, 0.2) is 0 Å². The van der Waals surface area contributed by atoms with Crippen molar-refractivity contribution in [2.75, 3.05) is 0 Å². The molecule has 3 aliphatic carbocycles. The Hall–Kier alpha value is -3.12. The number of carbonyl (C=O) groups excluding carboxylic acids is 4. The Morgan fingerprint density at radius 3 is 2.28 bits per heavy atom. The molecule has 12 unspecified atom stereocenters. The highest BCUT2D eigenvalue weighted by Crippen LogP contribution is 2.69. The van der Waals surface area contributed by atoms with E-state index in [9.17, 15) is 33.9 Å². The number of carbonyl (C=O) groups is 6. The third-order valence-electron chi connectivity index (χ3n) is 15.3. The molecule has 0 radical (unpaired) electrons. The molecule has 0 bridgehead atoms. The van der Waals surface area contributed by atoms with Gasteiger partial charge in [-0.05, 0) is 106 Å². The highest BCUT2D eigenvalue weighted by molar-refractivity contribution is 5.97. The molecular formula is C46H70O12. The summed E-state index contributed by atoms with van der Waals surface area (Å²) in [6, 6.07) is 0. The lowest BCUT2D eigenvalue weighted by atomic mass is 9.40. The Kier molecular flexibility index (Phi) is 15.5. The molecule has 2 aliphatic heterocycles. The van der Waals surface area contributed by atoms with Crippen molar-refractivity contribution in [3.05, 3.63) is 12.2 Å². The number of carboxylic acid groups (broad SMARTS) is 2. The number of rotatable bonds is 21. The molecule has 5 aliphatic rings. The van der Waals surface area contributed by atoms with Crippen LogP contribution in [0.15, 0.2) is 12.2 Å². The molecule has 326 valence electrons. The molecule has 12 heteroatoms. The lowest BCUT2D eigenvalue weighted by Crippen LogP contribution is -2.64. The number of fused-ring (bicyclic) bond motifs is 3. The normalized spacial score (nSPS) is 35.9. The molecular weight excluding hydrogens is 744 g/mol. The number of carboxylic acids is 2. The lowest BCUT2D eigenvalue weighted by molar-refractivity contribution is -0.400. The van der Waals surface area contributed by atoms with E-state index in [1.807, 2.05) is 19.9 Å². The number of allylic oxidation sites excluding steroid dienone is 2. The van der Waals surface area contributed by atoms with Crippen molar-refractivity contribution in [1.82, 2.24) is 0 Å². The summed E-state index contributed by atoms with van der Waals surface area (Å²) in [4.78, 5) is 89.8. The maximum atomic E-state index is 13.9. The predicted octanol–water partition coefficient (Wildman–Crippen LogP) is 9.02. The molecule has 2 N–H and O–H groups in total. The smallest absolute Gasteiger partial charge is 0.318 e. The molecule has 12 atom stereocenters. The Morgan fingerprint density at radius 1 is 0.897 bits per heavy atom. The summed E-state index contributed by atoms with van der Waals surface area (Å²) in [5, 5.41) is 19.6. The minimum atomic E-state index is -0.900. The second-order valence-corrected chi connectivity index (χ2v) is 19.5. The van der Waals surface area contributed by atoms with Crippen LogP contribution in [0.4, 0.5) is 0 Å². The summed E-state index contributed by atoms with van der Waals surface area (Å²) in [5.41, 5.74) is -2.15. The summed E-state index contributed by atoms with van der Waals surface area (Å²) < 4.78 is 10.4. The summed E-state index contributed by atoms with van der Waals surface area (Å²) in [6.45, 7) is 12.4. The summed E-state index contributed by atoms with van der Waals surface area (Å²) in [7, 11) is 0. The minimum absolute atomic E-state index is 0.0383. The van der Waals surface area contributed by atoms with Crippen molar-refractivity contribution in [2.24, 2.45) is 63.6 Å². The van der Waals surface area contributed by atoms with Gasteiger partial charge in [0.1, 0.15) is 6.10 Å². The van der Waals surface area contributed by atoms with Crippen LogP contribution in [0.1, 0.15) is 164 Å². The number of esters is 4. The summed E-state index contributed by atoms with van der Waals surface area (Å²) in [5.74, 6) is -6.22. The number of cyclic esters (lactones) is 4. The Morgan fingerprint density at radius 2 is 1.62 bits per heavy atom. The third kappa shape index (κ3) is 9.74. The van der Waals surface area contributed by atoms with Gasteiger partial charge in [-0.1, -0.05) is 91.7 Å². The molecule has 1 spiro atoms. The van der Waals surface area contributed by atoms with E-state index >= 15 is 0 Å². The van der Waals surface area contributed by atoms with Gasteiger partial charge in [-0.3, -0.25) is 28.8 Å². The fourth-order valence-electron chi connectivity index (χ4n) is 12.5. The molecule has 5 rings (SSSR count). The monoisotopic (exact) mass is 814 g/mol. The number of ether oxygens (including phenoxy) is 2. The van der Waals surface area contributed by atoms with Crippen LogP contribution in [0.2, 0.25) is 0 Å². The van der Waals surface area contributed by atoms with Crippen LogP contribution < -0.4 is 0 Å². The number of unbranched alkanes of at least 4 members (excludes halogenated alkanes) is 6. The van der Waals surface area contributed by atoms with E-state index in [-0.39, 0.29) is 42.4 Å². The standard InChI is InChI=1S/C46H70O12/c1-7-8-9-13-17-30(32-26-35(49)55-40(32)50)20-21-31(18-14-11-10-12-15-19-34(47)48)57-58-39-36(28(2)3)29(4)37-38(42(52)56-41(37)51)46(39)25-22-33-44(5,27-46)23-16-24-45(33,6)43(53)54/h13,17,28-33,36-39H,7-12,14-16,18-27H2,1-6H3,(H,47,48)(H,53,54)/b17-13+. The van der Waals surface area contributed by atoms with Crippen LogP contribution in [0.3, 0.4) is 0 Å². The van der Waals surface area contributed by atoms with E-state index in [0.717, 1.165) is 57.8 Å². The van der Waals surface area contributed by atoms with Gasteiger partial charge in [0, 0.05) is 11.8 Å². The van der Waals surface area contributed by atoms with Gasteiger partial charge >= 0.3 is 35.8 Å². The molecule has 0 aromatic carbocycles. The third-order valence-corrected chi connectivity index (χ3v) is 15.3. The SMILES string of the molecule is CCCC/C=C/C(CCC(CCCCCCCC(=O)O)OOC1C(C(C)C)C(C)C2C(=O)OC(=O)C2C12CCC1C(C)(CCCC1(C)C(=O)O)C2)C1CC(=O)OC1=O. The van der Waals surface area contributed by atoms with Crippen LogP contribution in [-0.4, -0.2) is 58.2 Å². The summed E-state index contributed by atoms with van der Waals surface area (Å²) in [6.07, 6.45) is 15.8. The molecule has 5 fully saturated rings. The van der Waals surface area contributed by atoms with E-state index in [2.05, 4.69) is 33.8 Å². The van der Waals surface area contributed by atoms with Gasteiger partial charge in [-0.25, -0.2) is 9.78 Å². The van der Waals surface area contributed by atoms with E-state index < -0.39 is 82.0 Å². The largest absolute Gasteiger partial charge is 0.481 e. The number of aliphatic carboxylic acids is 2. The van der Waals surface area contributed by atoms with Gasteiger partial charge < -0.3 is 19.7 Å². The lowest BCUT2D eigenvalue weighted by Gasteiger charge is -2.63. The predicted molar refractivity (Wildman–Crippen MR) is 213 cm³/mol. The van der Waals surface area contributed by atoms with E-state index in [1.165, 1.54) is 0 Å². The van der Waals surface area contributed by atoms with Crippen molar-refractivity contribution in [1.29, 1.82) is 0 Å². The average Bonchev–Trinajstić information content (AvgIpc) is 3.66. The van der Waals surface area contributed by atoms with Gasteiger partial charge in [0.2, 0.25) is 0 Å². The number of hydrogen-bond acceptors (Lipinski definition) is 10. The number of hydrogen-bond donors (Lipinski definition) is 2. The fourth-order valence-corrected chi connectivity index (χ4v) is 12.5. The first-order valence-electron chi connectivity index (χ1n) is 22.4. The molecule has 0 aromatic heterocycles. The fraction of sp³-hybridized carbons (Fsp3) is 0.826. The van der Waals surface area contributed by atoms with Gasteiger partial charge in [0.05, 0.1) is 35.7 Å². The minimum Gasteiger partial charge on any atom is -0.481 e. The maximum absolute atomic E-state index is 13.9. The zero-order chi connectivity index (χ0) is 42.4. The van der Waals surface area contributed by atoms with E-state index in [0.29, 0.717) is 51.4 Å². The van der Waals surface area contributed by atoms with Gasteiger partial charge in [0.25, 0.3) is 0 Å². The quantitative estimate of drug-likeness (QED) is 0.0281. The molecule has 0 aromatic rings. The van der Waals surface area contributed by atoms with E-state index in [1.54, 1.807) is 0 Å². The molecule has 3 saturated carbocycles. The van der Waals surface area contributed by atoms with Crippen molar-refractivity contribution in [2.45, 2.75) is 176 Å². The zero-order valence-electron chi connectivity index (χ0n) is 35.8. The van der Waals surface area contributed by atoms with Crippen molar-refractivity contribution in [3.8, 4) is 0 Å². The molecule has 2 saturated heterocycles. The summed E-state index contributed by atoms with van der Waals surface area (Å²) >= 11 is 0. The first-order valence-corrected chi connectivity index (χ1v) is 22.4. The van der Waals surface area contributed by atoms with Gasteiger partial charge in [-0.15, -0.1) is 0 Å². The van der Waals surface area contributed by atoms with Gasteiger partial charge in [-0.2, -0.15) is 0 Å². The first kappa shape index (κ1) is 46.0. The highest BCUT2D eigenvalue weighted by Gasteiger charge is 2.71. The van der Waals surface area contributed by atoms with Crippen LogP contribution in [0.5, 0.6) is 0 Å². The second-order valence-electron chi connectivity index (χ2n) is 19.5. The average molecular weight is 815 g/mol. The molecule has 2 heterocycles. The maximum Gasteiger partial charge on any atom is 0.318 e.